The Bertz CT molecular complexity index is 1310. The molecule has 1 aromatic rings. The fourth-order valence-corrected chi connectivity index (χ4v) is 5.53. The molecule has 0 spiro atoms. The summed E-state index contributed by atoms with van der Waals surface area (Å²) < 4.78 is 235. The molecule has 0 aromatic carbocycles. The summed E-state index contributed by atoms with van der Waals surface area (Å²) in [6.07, 6.45) is -7.49. The number of hydrogen-bond donors (Lipinski definition) is 1. The summed E-state index contributed by atoms with van der Waals surface area (Å²) in [7, 11) is 0.725. The van der Waals surface area contributed by atoms with Crippen molar-refractivity contribution in [2.24, 2.45) is 11.3 Å². The van der Waals surface area contributed by atoms with Crippen molar-refractivity contribution in [2.75, 3.05) is 12.4 Å². The predicted octanol–water partition coefficient (Wildman–Crippen LogP) is 8.63. The van der Waals surface area contributed by atoms with E-state index in [2.05, 4.69) is 4.74 Å². The van der Waals surface area contributed by atoms with Gasteiger partial charge < -0.3 is 10.1 Å². The number of methoxy groups -OCH3 is 1. The lowest BCUT2D eigenvalue weighted by Gasteiger charge is -2.42. The SMILES string of the molecule is COC(=O)c1c(NC(=O)C(F)(F)C(F)(F)C(F)(F)C(F)(F)C(F)(F)C(F)(F)C(F)(F)C(F)(F)F)sc2c1CCC(C(C)(C)C)C2. The van der Waals surface area contributed by atoms with E-state index >= 15 is 0 Å². The zero-order valence-electron chi connectivity index (χ0n) is 22.8. The number of ether oxygens (including phenoxy) is 1. The van der Waals surface area contributed by atoms with Crippen LogP contribution in [-0.2, 0) is 22.4 Å². The van der Waals surface area contributed by atoms with Gasteiger partial charge in [0.25, 0.3) is 0 Å². The number of esters is 1. The average molecular weight is 713 g/mol. The molecule has 1 aliphatic carbocycles. The quantitative estimate of drug-likeness (QED) is 0.206. The molecule has 0 aliphatic heterocycles. The molecule has 1 atom stereocenters. The van der Waals surface area contributed by atoms with Crippen LogP contribution in [0, 0.1) is 11.3 Å². The van der Waals surface area contributed by atoms with Crippen molar-refractivity contribution < 1.29 is 89.0 Å². The van der Waals surface area contributed by atoms with Crippen LogP contribution < -0.4 is 5.32 Å². The van der Waals surface area contributed by atoms with Gasteiger partial charge in [-0.25, -0.2) is 4.79 Å². The maximum Gasteiger partial charge on any atom is 0.460 e. The Hall–Kier alpha value is -2.55. The van der Waals surface area contributed by atoms with Crippen LogP contribution in [0.3, 0.4) is 0 Å². The Kier molecular flexibility index (Phi) is 9.46. The van der Waals surface area contributed by atoms with Crippen molar-refractivity contribution in [1.29, 1.82) is 0 Å². The zero-order valence-corrected chi connectivity index (χ0v) is 23.6. The van der Waals surface area contributed by atoms with Gasteiger partial charge in [0.2, 0.25) is 0 Å². The third-order valence-corrected chi connectivity index (χ3v) is 8.28. The maximum atomic E-state index is 14.5. The van der Waals surface area contributed by atoms with Gasteiger partial charge in [0.15, 0.2) is 0 Å². The number of halogens is 17. The lowest BCUT2D eigenvalue weighted by atomic mass is 9.72. The smallest absolute Gasteiger partial charge is 0.460 e. The Labute approximate surface area is 245 Å². The number of anilines is 1. The molecule has 0 fully saturated rings. The van der Waals surface area contributed by atoms with Gasteiger partial charge in [-0.05, 0) is 36.2 Å². The summed E-state index contributed by atoms with van der Waals surface area (Å²) in [6.45, 7) is 5.34. The lowest BCUT2D eigenvalue weighted by molar-refractivity contribution is -0.459. The molecule has 0 saturated heterocycles. The largest absolute Gasteiger partial charge is 0.465 e. The van der Waals surface area contributed by atoms with Gasteiger partial charge in [-0.15, -0.1) is 11.3 Å². The molecule has 1 unspecified atom stereocenters. The van der Waals surface area contributed by atoms with E-state index in [4.69, 9.17) is 0 Å². The first-order chi connectivity index (χ1) is 19.7. The second-order valence-electron chi connectivity index (χ2n) is 11.0. The Balaban J connectivity index is 2.59. The van der Waals surface area contributed by atoms with Crippen molar-refractivity contribution >= 4 is 28.2 Å². The van der Waals surface area contributed by atoms with Crippen molar-refractivity contribution in [2.45, 2.75) is 87.7 Å². The van der Waals surface area contributed by atoms with E-state index in [1.54, 1.807) is 20.8 Å². The molecule has 0 radical (unpaired) electrons. The number of hydrogen-bond acceptors (Lipinski definition) is 4. The number of carbonyl (C=O) groups excluding carboxylic acids is 2. The van der Waals surface area contributed by atoms with Gasteiger partial charge in [-0.2, -0.15) is 74.6 Å². The first kappa shape index (κ1) is 38.6. The third-order valence-electron chi connectivity index (χ3n) is 7.11. The number of amides is 1. The van der Waals surface area contributed by atoms with Crippen molar-refractivity contribution in [3.8, 4) is 0 Å². The predicted molar refractivity (Wildman–Crippen MR) is 120 cm³/mol. The van der Waals surface area contributed by atoms with E-state index in [0.29, 0.717) is 6.42 Å². The van der Waals surface area contributed by atoms with Gasteiger partial charge in [0.1, 0.15) is 5.00 Å². The molecule has 0 bridgehead atoms. The lowest BCUT2D eigenvalue weighted by Crippen LogP contribution is -2.75. The molecule has 1 amide bonds. The molecule has 1 aromatic heterocycles. The van der Waals surface area contributed by atoms with Crippen molar-refractivity contribution in [1.82, 2.24) is 0 Å². The summed E-state index contributed by atoms with van der Waals surface area (Å²) in [5.41, 5.74) is -1.16. The average Bonchev–Trinajstić information content (AvgIpc) is 3.23. The highest BCUT2D eigenvalue weighted by Gasteiger charge is 2.95. The number of thiophene rings is 1. The summed E-state index contributed by atoms with van der Waals surface area (Å²) in [6, 6.07) is 0. The molecule has 260 valence electrons. The molecular weight excluding hydrogens is 693 g/mol. The topological polar surface area (TPSA) is 55.4 Å². The molecule has 1 aliphatic rings. The highest BCUT2D eigenvalue weighted by Crippen LogP contribution is 2.64. The van der Waals surface area contributed by atoms with Gasteiger partial charge in [-0.3, -0.25) is 4.79 Å². The number of alkyl halides is 17. The first-order valence-electron chi connectivity index (χ1n) is 12.0. The minimum Gasteiger partial charge on any atom is -0.465 e. The summed E-state index contributed by atoms with van der Waals surface area (Å²) >= 11 is 0.251. The molecule has 0 saturated carbocycles. The minimum atomic E-state index is -8.81. The fraction of sp³-hybridized carbons (Fsp3) is 0.739. The first-order valence-corrected chi connectivity index (χ1v) is 12.8. The van der Waals surface area contributed by atoms with Crippen LogP contribution in [0.1, 0.15) is 48.0 Å². The van der Waals surface area contributed by atoms with Crippen LogP contribution in [-0.4, -0.2) is 66.6 Å². The summed E-state index contributed by atoms with van der Waals surface area (Å²) in [4.78, 5) is 24.6. The number of fused-ring (bicyclic) bond motifs is 1. The molecule has 1 N–H and O–H groups in total. The van der Waals surface area contributed by atoms with Crippen molar-refractivity contribution in [3.05, 3.63) is 16.0 Å². The number of rotatable bonds is 9. The molecule has 4 nitrogen and oxygen atoms in total. The third kappa shape index (κ3) is 5.59. The molecule has 1 heterocycles. The second-order valence-corrected chi connectivity index (χ2v) is 12.1. The normalized spacial score (nSPS) is 18.0. The minimum absolute atomic E-state index is 0.0158. The summed E-state index contributed by atoms with van der Waals surface area (Å²) in [5, 5.41) is -0.213. The van der Waals surface area contributed by atoms with Crippen LogP contribution >= 0.6 is 11.3 Å². The monoisotopic (exact) mass is 713 g/mol. The fourth-order valence-electron chi connectivity index (χ4n) is 4.22. The van der Waals surface area contributed by atoms with E-state index < -0.39 is 75.5 Å². The van der Waals surface area contributed by atoms with E-state index in [9.17, 15) is 84.2 Å². The van der Waals surface area contributed by atoms with E-state index in [-0.39, 0.29) is 40.5 Å². The van der Waals surface area contributed by atoms with Gasteiger partial charge in [0, 0.05) is 4.88 Å². The van der Waals surface area contributed by atoms with Crippen LogP contribution in [0.4, 0.5) is 79.6 Å². The van der Waals surface area contributed by atoms with Crippen LogP contribution in [0.5, 0.6) is 0 Å². The molecule has 22 heteroatoms. The van der Waals surface area contributed by atoms with Gasteiger partial charge in [-0.1, -0.05) is 20.8 Å². The summed E-state index contributed by atoms with van der Waals surface area (Å²) in [5.74, 6) is -64.0. The highest BCUT2D eigenvalue weighted by molar-refractivity contribution is 7.17. The van der Waals surface area contributed by atoms with E-state index in [0.717, 1.165) is 12.4 Å². The Morgan fingerprint density at radius 1 is 0.711 bits per heavy atom. The Morgan fingerprint density at radius 2 is 1.13 bits per heavy atom. The van der Waals surface area contributed by atoms with Crippen LogP contribution in [0.15, 0.2) is 0 Å². The Morgan fingerprint density at radius 3 is 1.53 bits per heavy atom. The standard InChI is InChI=1S/C23H20F17NO3S/c1-15(2,3)8-5-6-9-10(7-8)45-12(11(9)13(42)44-4)41-14(43)16(24,25)17(26,27)18(28,29)19(30,31)20(32,33)21(34,35)22(36,37)23(38,39)40/h8H,5-7H2,1-4H3,(H,41,43). The van der Waals surface area contributed by atoms with Crippen molar-refractivity contribution in [3.63, 3.8) is 0 Å². The van der Waals surface area contributed by atoms with Crippen LogP contribution in [0.2, 0.25) is 0 Å². The molecule has 45 heavy (non-hydrogen) atoms. The van der Waals surface area contributed by atoms with Crippen LogP contribution in [0.25, 0.3) is 0 Å². The highest BCUT2D eigenvalue weighted by atomic mass is 32.1. The maximum absolute atomic E-state index is 14.5. The molecular formula is C23H20F17NO3S. The van der Waals surface area contributed by atoms with Gasteiger partial charge >= 0.3 is 59.5 Å². The van der Waals surface area contributed by atoms with Gasteiger partial charge in [0.05, 0.1) is 12.7 Å². The number of nitrogens with one attached hydrogen (secondary N) is 1. The number of carbonyl (C=O) groups is 2. The van der Waals surface area contributed by atoms with E-state index in [1.165, 1.54) is 0 Å². The zero-order chi connectivity index (χ0) is 35.8. The molecule has 2 rings (SSSR count). The van der Waals surface area contributed by atoms with E-state index in [1.807, 2.05) is 0 Å². The second kappa shape index (κ2) is 11.0.